The standard InChI is InChI=1S/C21H33NO3/c1-25-20-14-16(7-8-19(20)23)9-12-21(24)11-3-2-4-18(21)10-13-22-15-17-5-6-17/h7-8,14,17-18,22-24H,2-6,9-13,15H2,1H3. The Balaban J connectivity index is 1.53. The van der Waals surface area contributed by atoms with Gasteiger partial charge in [0, 0.05) is 0 Å². The first-order chi connectivity index (χ1) is 12.1. The second-order valence-corrected chi connectivity index (χ2v) is 7.99. The van der Waals surface area contributed by atoms with Crippen molar-refractivity contribution in [3.05, 3.63) is 23.8 Å². The van der Waals surface area contributed by atoms with Crippen molar-refractivity contribution in [2.45, 2.75) is 63.4 Å². The molecule has 3 rings (SSSR count). The van der Waals surface area contributed by atoms with Crippen molar-refractivity contribution in [2.24, 2.45) is 11.8 Å². The minimum Gasteiger partial charge on any atom is -0.504 e. The molecule has 0 saturated heterocycles. The van der Waals surface area contributed by atoms with Gasteiger partial charge in [-0.3, -0.25) is 0 Å². The first-order valence-electron chi connectivity index (χ1n) is 9.90. The summed E-state index contributed by atoms with van der Waals surface area (Å²) in [6.07, 6.45) is 9.86. The molecule has 4 heteroatoms. The van der Waals surface area contributed by atoms with Crippen molar-refractivity contribution in [1.29, 1.82) is 0 Å². The lowest BCUT2D eigenvalue weighted by atomic mass is 9.71. The number of aromatic hydroxyl groups is 1. The first kappa shape index (κ1) is 18.5. The summed E-state index contributed by atoms with van der Waals surface area (Å²) < 4.78 is 5.19. The lowest BCUT2D eigenvalue weighted by molar-refractivity contribution is -0.0574. The molecule has 4 nitrogen and oxygen atoms in total. The van der Waals surface area contributed by atoms with E-state index in [1.807, 2.05) is 12.1 Å². The van der Waals surface area contributed by atoms with Crippen molar-refractivity contribution in [3.63, 3.8) is 0 Å². The van der Waals surface area contributed by atoms with Crippen LogP contribution in [0.4, 0.5) is 0 Å². The highest BCUT2D eigenvalue weighted by molar-refractivity contribution is 5.41. The molecular weight excluding hydrogens is 314 g/mol. The first-order valence-corrected chi connectivity index (χ1v) is 9.90. The van der Waals surface area contributed by atoms with Crippen molar-refractivity contribution >= 4 is 0 Å². The van der Waals surface area contributed by atoms with Gasteiger partial charge in [0.25, 0.3) is 0 Å². The molecule has 2 fully saturated rings. The smallest absolute Gasteiger partial charge is 0.160 e. The summed E-state index contributed by atoms with van der Waals surface area (Å²) in [7, 11) is 1.57. The van der Waals surface area contributed by atoms with Gasteiger partial charge in [0.1, 0.15) is 0 Å². The second kappa shape index (κ2) is 8.41. The molecule has 0 heterocycles. The van der Waals surface area contributed by atoms with Crippen molar-refractivity contribution < 1.29 is 14.9 Å². The van der Waals surface area contributed by atoms with E-state index in [2.05, 4.69) is 5.32 Å². The van der Waals surface area contributed by atoms with E-state index >= 15 is 0 Å². The van der Waals surface area contributed by atoms with E-state index in [1.54, 1.807) is 13.2 Å². The number of aryl methyl sites for hydroxylation is 1. The maximum atomic E-state index is 11.3. The van der Waals surface area contributed by atoms with E-state index in [-0.39, 0.29) is 5.75 Å². The number of ether oxygens (including phenoxy) is 1. The van der Waals surface area contributed by atoms with Gasteiger partial charge in [-0.15, -0.1) is 0 Å². The molecule has 0 amide bonds. The van der Waals surface area contributed by atoms with Gasteiger partial charge in [0.05, 0.1) is 12.7 Å². The minimum absolute atomic E-state index is 0.169. The Morgan fingerprint density at radius 2 is 2.08 bits per heavy atom. The predicted octanol–water partition coefficient (Wildman–Crippen LogP) is 3.64. The number of nitrogens with one attached hydrogen (secondary N) is 1. The fourth-order valence-electron chi connectivity index (χ4n) is 4.18. The molecule has 140 valence electrons. The van der Waals surface area contributed by atoms with Crippen LogP contribution < -0.4 is 10.1 Å². The van der Waals surface area contributed by atoms with Crippen LogP contribution >= 0.6 is 0 Å². The fraction of sp³-hybridized carbons (Fsp3) is 0.714. The maximum absolute atomic E-state index is 11.3. The highest BCUT2D eigenvalue weighted by atomic mass is 16.5. The number of phenols is 1. The van der Waals surface area contributed by atoms with E-state index in [4.69, 9.17) is 4.74 Å². The number of methoxy groups -OCH3 is 1. The van der Waals surface area contributed by atoms with Crippen molar-refractivity contribution in [3.8, 4) is 11.5 Å². The molecule has 2 saturated carbocycles. The van der Waals surface area contributed by atoms with Crippen LogP contribution in [0.5, 0.6) is 11.5 Å². The summed E-state index contributed by atoms with van der Waals surface area (Å²) in [6, 6.07) is 5.49. The van der Waals surface area contributed by atoms with Crippen molar-refractivity contribution in [1.82, 2.24) is 5.32 Å². The van der Waals surface area contributed by atoms with Gasteiger partial charge in [-0.05, 0) is 87.6 Å². The van der Waals surface area contributed by atoms with E-state index in [9.17, 15) is 10.2 Å². The average molecular weight is 347 g/mol. The van der Waals surface area contributed by atoms with Crippen LogP contribution in [-0.4, -0.2) is 36.0 Å². The van der Waals surface area contributed by atoms with Crippen LogP contribution in [-0.2, 0) is 6.42 Å². The molecule has 2 aliphatic rings. The van der Waals surface area contributed by atoms with Gasteiger partial charge in [-0.25, -0.2) is 0 Å². The van der Waals surface area contributed by atoms with E-state index < -0.39 is 5.60 Å². The second-order valence-electron chi connectivity index (χ2n) is 7.99. The van der Waals surface area contributed by atoms with Gasteiger partial charge in [-0.2, -0.15) is 0 Å². The average Bonchev–Trinajstić information content (AvgIpc) is 3.44. The molecule has 0 spiro atoms. The minimum atomic E-state index is -0.551. The molecule has 0 bridgehead atoms. The Labute approximate surface area is 151 Å². The summed E-state index contributed by atoms with van der Waals surface area (Å²) in [5.74, 6) is 1.98. The van der Waals surface area contributed by atoms with Crippen molar-refractivity contribution in [2.75, 3.05) is 20.2 Å². The van der Waals surface area contributed by atoms with Gasteiger partial charge in [0.2, 0.25) is 0 Å². The zero-order chi connectivity index (χ0) is 17.7. The summed E-state index contributed by atoms with van der Waals surface area (Å²) in [6.45, 7) is 2.18. The Kier molecular flexibility index (Phi) is 6.24. The zero-order valence-electron chi connectivity index (χ0n) is 15.5. The highest BCUT2D eigenvalue weighted by Gasteiger charge is 2.38. The van der Waals surface area contributed by atoms with Crippen LogP contribution in [0, 0.1) is 11.8 Å². The van der Waals surface area contributed by atoms with Crippen LogP contribution in [0.15, 0.2) is 18.2 Å². The number of hydrogen-bond acceptors (Lipinski definition) is 4. The van der Waals surface area contributed by atoms with Crippen LogP contribution in [0.2, 0.25) is 0 Å². The third kappa shape index (κ3) is 5.11. The van der Waals surface area contributed by atoms with Crippen LogP contribution in [0.1, 0.15) is 56.9 Å². The number of phenolic OH excluding ortho intramolecular Hbond substituents is 1. The van der Waals surface area contributed by atoms with Gasteiger partial charge in [0.15, 0.2) is 11.5 Å². The number of rotatable bonds is 9. The Morgan fingerprint density at radius 3 is 2.84 bits per heavy atom. The highest BCUT2D eigenvalue weighted by Crippen LogP contribution is 2.39. The van der Waals surface area contributed by atoms with Crippen LogP contribution in [0.25, 0.3) is 0 Å². The quantitative estimate of drug-likeness (QED) is 0.597. The molecule has 2 atom stereocenters. The van der Waals surface area contributed by atoms with Gasteiger partial charge in [-0.1, -0.05) is 18.9 Å². The molecule has 25 heavy (non-hydrogen) atoms. The maximum Gasteiger partial charge on any atom is 0.160 e. The van der Waals surface area contributed by atoms with Gasteiger partial charge >= 0.3 is 0 Å². The lowest BCUT2D eigenvalue weighted by Gasteiger charge is -2.40. The third-order valence-electron chi connectivity index (χ3n) is 6.06. The number of benzene rings is 1. The SMILES string of the molecule is COc1cc(CCC2(O)CCCCC2CCNCC2CC2)ccc1O. The Hall–Kier alpha value is -1.26. The molecular formula is C21H33NO3. The molecule has 0 radical (unpaired) electrons. The molecule has 0 aromatic heterocycles. The largest absolute Gasteiger partial charge is 0.504 e. The molecule has 1 aromatic carbocycles. The normalized spacial score (nSPS) is 26.6. The summed E-state index contributed by atoms with van der Waals surface area (Å²) in [4.78, 5) is 0. The molecule has 1 aromatic rings. The van der Waals surface area contributed by atoms with Gasteiger partial charge < -0.3 is 20.3 Å². The monoisotopic (exact) mass is 347 g/mol. The molecule has 0 aliphatic heterocycles. The summed E-state index contributed by atoms with van der Waals surface area (Å²) in [5.41, 5.74) is 0.559. The van der Waals surface area contributed by atoms with E-state index in [0.717, 1.165) is 63.1 Å². The fourth-order valence-corrected chi connectivity index (χ4v) is 4.18. The third-order valence-corrected chi connectivity index (χ3v) is 6.06. The topological polar surface area (TPSA) is 61.7 Å². The summed E-state index contributed by atoms with van der Waals surface area (Å²) in [5, 5.41) is 24.6. The molecule has 3 N–H and O–H groups in total. The Morgan fingerprint density at radius 1 is 1.24 bits per heavy atom. The molecule has 2 aliphatic carbocycles. The zero-order valence-corrected chi connectivity index (χ0v) is 15.5. The lowest BCUT2D eigenvalue weighted by Crippen LogP contribution is -2.42. The van der Waals surface area contributed by atoms with E-state index in [0.29, 0.717) is 11.7 Å². The van der Waals surface area contributed by atoms with Crippen LogP contribution in [0.3, 0.4) is 0 Å². The Bertz CT molecular complexity index is 558. The van der Waals surface area contributed by atoms with E-state index in [1.165, 1.54) is 19.3 Å². The molecule has 2 unspecified atom stereocenters. The summed E-state index contributed by atoms with van der Waals surface area (Å²) >= 11 is 0. The number of aliphatic hydroxyl groups is 1. The predicted molar refractivity (Wildman–Crippen MR) is 100 cm³/mol. The number of hydrogen-bond donors (Lipinski definition) is 3.